The SMILES string of the molecule is COc1cccc(/C=N/n2c(=S)[nH]nc(C)c2=O)c1OCc1ccc(Br)cc1. The van der Waals surface area contributed by atoms with E-state index >= 15 is 0 Å². The summed E-state index contributed by atoms with van der Waals surface area (Å²) in [6.07, 6.45) is 1.50. The van der Waals surface area contributed by atoms with E-state index < -0.39 is 0 Å². The van der Waals surface area contributed by atoms with Crippen LogP contribution in [0, 0.1) is 11.7 Å². The average molecular weight is 461 g/mol. The van der Waals surface area contributed by atoms with E-state index in [1.165, 1.54) is 6.21 Å². The third-order valence-corrected chi connectivity index (χ3v) is 4.64. The zero-order chi connectivity index (χ0) is 20.1. The zero-order valence-corrected chi connectivity index (χ0v) is 17.6. The molecule has 0 spiro atoms. The van der Waals surface area contributed by atoms with Crippen molar-refractivity contribution in [1.29, 1.82) is 0 Å². The molecule has 9 heteroatoms. The lowest BCUT2D eigenvalue weighted by Crippen LogP contribution is -2.22. The van der Waals surface area contributed by atoms with Crippen LogP contribution in [0.1, 0.15) is 16.8 Å². The Morgan fingerprint density at radius 1 is 1.29 bits per heavy atom. The Labute approximate surface area is 174 Å². The van der Waals surface area contributed by atoms with E-state index in [9.17, 15) is 4.79 Å². The number of H-pyrrole nitrogens is 1. The second-order valence-corrected chi connectivity index (χ2v) is 7.07. The van der Waals surface area contributed by atoms with Crippen LogP contribution < -0.4 is 15.0 Å². The van der Waals surface area contributed by atoms with Crippen LogP contribution in [0.5, 0.6) is 11.5 Å². The van der Waals surface area contributed by atoms with Gasteiger partial charge in [0.05, 0.1) is 13.3 Å². The van der Waals surface area contributed by atoms with E-state index in [-0.39, 0.29) is 16.0 Å². The van der Waals surface area contributed by atoms with E-state index in [1.807, 2.05) is 36.4 Å². The van der Waals surface area contributed by atoms with E-state index in [2.05, 4.69) is 31.2 Å². The van der Waals surface area contributed by atoms with E-state index in [4.69, 9.17) is 21.7 Å². The van der Waals surface area contributed by atoms with Crippen molar-refractivity contribution in [2.75, 3.05) is 7.11 Å². The second kappa shape index (κ2) is 8.94. The summed E-state index contributed by atoms with van der Waals surface area (Å²) >= 11 is 8.51. The molecule has 0 fully saturated rings. The molecule has 3 rings (SSSR count). The van der Waals surface area contributed by atoms with Crippen LogP contribution in [0.15, 0.2) is 56.8 Å². The minimum Gasteiger partial charge on any atom is -0.493 e. The molecule has 0 aliphatic heterocycles. The average Bonchev–Trinajstić information content (AvgIpc) is 2.70. The second-order valence-electron chi connectivity index (χ2n) is 5.77. The number of rotatable bonds is 6. The monoisotopic (exact) mass is 460 g/mol. The third kappa shape index (κ3) is 4.55. The largest absolute Gasteiger partial charge is 0.493 e. The molecule has 28 heavy (non-hydrogen) atoms. The van der Waals surface area contributed by atoms with Gasteiger partial charge in [0.1, 0.15) is 12.3 Å². The van der Waals surface area contributed by atoms with Crippen molar-refractivity contribution in [2.24, 2.45) is 5.10 Å². The normalized spacial score (nSPS) is 11.0. The predicted octanol–water partition coefficient (Wildman–Crippen LogP) is 3.84. The number of halogens is 1. The van der Waals surface area contributed by atoms with E-state index in [0.29, 0.717) is 23.7 Å². The van der Waals surface area contributed by atoms with Crippen molar-refractivity contribution < 1.29 is 9.47 Å². The lowest BCUT2D eigenvalue weighted by atomic mass is 10.2. The van der Waals surface area contributed by atoms with Crippen molar-refractivity contribution in [3.63, 3.8) is 0 Å². The molecular formula is C19H17BrN4O3S. The molecule has 0 atom stereocenters. The summed E-state index contributed by atoms with van der Waals surface area (Å²) in [6.45, 7) is 1.93. The molecule has 1 N–H and O–H groups in total. The number of aromatic nitrogens is 3. The maximum Gasteiger partial charge on any atom is 0.296 e. The Bertz CT molecular complexity index is 1120. The van der Waals surface area contributed by atoms with Gasteiger partial charge in [0.2, 0.25) is 4.77 Å². The van der Waals surface area contributed by atoms with Crippen LogP contribution in [-0.2, 0) is 6.61 Å². The fourth-order valence-electron chi connectivity index (χ4n) is 2.38. The quantitative estimate of drug-likeness (QED) is 0.446. The Hall–Kier alpha value is -2.78. The Kier molecular flexibility index (Phi) is 6.37. The molecule has 0 saturated carbocycles. The molecule has 0 saturated heterocycles. The summed E-state index contributed by atoms with van der Waals surface area (Å²) < 4.78 is 13.6. The van der Waals surface area contributed by atoms with Crippen molar-refractivity contribution in [2.45, 2.75) is 13.5 Å². The molecule has 0 aliphatic rings. The molecule has 1 heterocycles. The predicted molar refractivity (Wildman–Crippen MR) is 113 cm³/mol. The Morgan fingerprint density at radius 2 is 2.04 bits per heavy atom. The number of hydrogen-bond donors (Lipinski definition) is 1. The molecule has 0 bridgehead atoms. The fourth-order valence-corrected chi connectivity index (χ4v) is 2.82. The van der Waals surface area contributed by atoms with Gasteiger partial charge in [-0.15, -0.1) is 0 Å². The lowest BCUT2D eigenvalue weighted by Gasteiger charge is -2.13. The Morgan fingerprint density at radius 3 is 2.75 bits per heavy atom. The number of methoxy groups -OCH3 is 1. The minimum atomic E-state index is -0.389. The van der Waals surface area contributed by atoms with Crippen LogP contribution in [0.25, 0.3) is 0 Å². The Balaban J connectivity index is 1.93. The van der Waals surface area contributed by atoms with Gasteiger partial charge in [0.25, 0.3) is 5.56 Å². The number of ether oxygens (including phenoxy) is 2. The molecule has 2 aromatic carbocycles. The first-order chi connectivity index (χ1) is 13.5. The molecule has 7 nitrogen and oxygen atoms in total. The van der Waals surface area contributed by atoms with Gasteiger partial charge >= 0.3 is 0 Å². The number of hydrogen-bond acceptors (Lipinski definition) is 6. The van der Waals surface area contributed by atoms with Gasteiger partial charge in [-0.05, 0) is 49.0 Å². The van der Waals surface area contributed by atoms with Crippen molar-refractivity contribution in [3.8, 4) is 11.5 Å². The molecule has 3 aromatic rings. The highest BCUT2D eigenvalue weighted by atomic mass is 79.9. The van der Waals surface area contributed by atoms with Gasteiger partial charge < -0.3 is 9.47 Å². The van der Waals surface area contributed by atoms with Gasteiger partial charge in [-0.3, -0.25) is 9.89 Å². The molecule has 1 aromatic heterocycles. The number of para-hydroxylation sites is 1. The number of aromatic amines is 1. The molecule has 0 aliphatic carbocycles. The first-order valence-electron chi connectivity index (χ1n) is 8.26. The first-order valence-corrected chi connectivity index (χ1v) is 9.46. The maximum atomic E-state index is 12.2. The lowest BCUT2D eigenvalue weighted by molar-refractivity contribution is 0.284. The smallest absolute Gasteiger partial charge is 0.296 e. The zero-order valence-electron chi connectivity index (χ0n) is 15.2. The summed E-state index contributed by atoms with van der Waals surface area (Å²) in [6, 6.07) is 13.2. The molecule has 144 valence electrons. The number of aryl methyl sites for hydroxylation is 1. The van der Waals surface area contributed by atoms with Gasteiger partial charge in [-0.1, -0.05) is 34.1 Å². The highest BCUT2D eigenvalue weighted by Gasteiger charge is 2.10. The molecule has 0 amide bonds. The first kappa shape index (κ1) is 20.0. The van der Waals surface area contributed by atoms with Gasteiger partial charge in [0, 0.05) is 10.0 Å². The van der Waals surface area contributed by atoms with E-state index in [1.54, 1.807) is 20.1 Å². The van der Waals surface area contributed by atoms with Crippen LogP contribution in [0.2, 0.25) is 0 Å². The third-order valence-electron chi connectivity index (χ3n) is 3.85. The molecule has 0 radical (unpaired) electrons. The van der Waals surface area contributed by atoms with Gasteiger partial charge in [-0.2, -0.15) is 14.9 Å². The summed E-state index contributed by atoms with van der Waals surface area (Å²) in [5.74, 6) is 1.08. The summed E-state index contributed by atoms with van der Waals surface area (Å²) in [5, 5.41) is 10.6. The summed E-state index contributed by atoms with van der Waals surface area (Å²) in [7, 11) is 1.57. The topological polar surface area (TPSA) is 81.5 Å². The highest BCUT2D eigenvalue weighted by molar-refractivity contribution is 9.10. The van der Waals surface area contributed by atoms with Gasteiger partial charge in [-0.25, -0.2) is 0 Å². The standard InChI is InChI=1S/C19H17BrN4O3S/c1-12-18(25)24(19(28)23-22-12)21-10-14-4-3-5-16(26-2)17(14)27-11-13-6-8-15(20)9-7-13/h3-10H,11H2,1-2H3,(H,23,28)/b21-10+. The van der Waals surface area contributed by atoms with Crippen LogP contribution in [0.3, 0.4) is 0 Å². The maximum absolute atomic E-state index is 12.2. The van der Waals surface area contributed by atoms with Crippen molar-refractivity contribution in [3.05, 3.63) is 78.9 Å². The molecule has 0 unspecified atom stereocenters. The fraction of sp³-hybridized carbons (Fsp3) is 0.158. The number of benzene rings is 2. The van der Waals surface area contributed by atoms with Crippen LogP contribution in [0.4, 0.5) is 0 Å². The van der Waals surface area contributed by atoms with E-state index in [0.717, 1.165) is 14.7 Å². The van der Waals surface area contributed by atoms with Crippen LogP contribution >= 0.6 is 28.1 Å². The van der Waals surface area contributed by atoms with Gasteiger partial charge in [0.15, 0.2) is 11.5 Å². The van der Waals surface area contributed by atoms with Crippen molar-refractivity contribution >= 4 is 34.4 Å². The summed E-state index contributed by atoms with van der Waals surface area (Å²) in [4.78, 5) is 12.2. The minimum absolute atomic E-state index is 0.104. The van der Waals surface area contributed by atoms with Crippen molar-refractivity contribution in [1.82, 2.24) is 14.9 Å². The van der Waals surface area contributed by atoms with Crippen LogP contribution in [-0.4, -0.2) is 28.2 Å². The number of nitrogens with zero attached hydrogens (tertiary/aromatic N) is 3. The summed E-state index contributed by atoms with van der Waals surface area (Å²) in [5.41, 5.74) is 1.52. The highest BCUT2D eigenvalue weighted by Crippen LogP contribution is 2.31. The number of nitrogens with one attached hydrogen (secondary N) is 1. The molecular weight excluding hydrogens is 444 g/mol.